The van der Waals surface area contributed by atoms with Crippen molar-refractivity contribution in [1.82, 2.24) is 4.98 Å². The number of hydrogen-bond donors (Lipinski definition) is 2. The minimum atomic E-state index is -0.893. The fraction of sp³-hybridized carbons (Fsp3) is 0.125. The lowest BCUT2D eigenvalue weighted by Gasteiger charge is -2.04. The number of para-hydroxylation sites is 1. The summed E-state index contributed by atoms with van der Waals surface area (Å²) in [6.07, 6.45) is 0.761. The van der Waals surface area contributed by atoms with E-state index < -0.39 is 5.97 Å². The Labute approximate surface area is 126 Å². The largest absolute Gasteiger partial charge is 0.478 e. The number of aromatic carboxylic acids is 1. The molecular formula is C16H14N2O2S. The third-order valence-corrected chi connectivity index (χ3v) is 4.15. The monoisotopic (exact) mass is 298 g/mol. The SMILES string of the molecule is O=C(O)c1cccc(CCNc2nc3ccccc3s2)c1. The van der Waals surface area contributed by atoms with Gasteiger partial charge in [-0.15, -0.1) is 0 Å². The van der Waals surface area contributed by atoms with E-state index in [1.807, 2.05) is 24.3 Å². The van der Waals surface area contributed by atoms with Crippen molar-refractivity contribution >= 4 is 32.7 Å². The summed E-state index contributed by atoms with van der Waals surface area (Å²) in [5.74, 6) is -0.893. The zero-order valence-electron chi connectivity index (χ0n) is 11.2. The minimum Gasteiger partial charge on any atom is -0.478 e. The van der Waals surface area contributed by atoms with Crippen LogP contribution in [-0.2, 0) is 6.42 Å². The van der Waals surface area contributed by atoms with E-state index in [0.29, 0.717) is 5.56 Å². The highest BCUT2D eigenvalue weighted by Crippen LogP contribution is 2.25. The van der Waals surface area contributed by atoms with Crippen LogP contribution in [0.5, 0.6) is 0 Å². The van der Waals surface area contributed by atoms with Crippen LogP contribution in [0.4, 0.5) is 5.13 Å². The van der Waals surface area contributed by atoms with E-state index in [-0.39, 0.29) is 0 Å². The molecule has 5 heteroatoms. The molecular weight excluding hydrogens is 284 g/mol. The van der Waals surface area contributed by atoms with Crippen molar-refractivity contribution in [2.45, 2.75) is 6.42 Å². The molecule has 106 valence electrons. The van der Waals surface area contributed by atoms with Gasteiger partial charge in [0, 0.05) is 6.54 Å². The van der Waals surface area contributed by atoms with Gasteiger partial charge < -0.3 is 10.4 Å². The van der Waals surface area contributed by atoms with E-state index >= 15 is 0 Å². The quantitative estimate of drug-likeness (QED) is 0.754. The maximum atomic E-state index is 10.9. The van der Waals surface area contributed by atoms with Crippen molar-refractivity contribution in [2.24, 2.45) is 0 Å². The Morgan fingerprint density at radius 2 is 2.05 bits per heavy atom. The molecule has 2 aromatic carbocycles. The predicted molar refractivity (Wildman–Crippen MR) is 85.2 cm³/mol. The van der Waals surface area contributed by atoms with E-state index in [1.54, 1.807) is 29.5 Å². The van der Waals surface area contributed by atoms with Crippen molar-refractivity contribution in [3.8, 4) is 0 Å². The Bertz CT molecular complexity index is 750. The molecule has 0 aliphatic heterocycles. The summed E-state index contributed by atoms with van der Waals surface area (Å²) in [6, 6.07) is 15.0. The summed E-state index contributed by atoms with van der Waals surface area (Å²) in [7, 11) is 0. The standard InChI is InChI=1S/C16H14N2O2S/c19-15(20)12-5-3-4-11(10-12)8-9-17-16-18-13-6-1-2-7-14(13)21-16/h1-7,10H,8-9H2,(H,17,18)(H,19,20). The van der Waals surface area contributed by atoms with E-state index in [9.17, 15) is 4.79 Å². The number of anilines is 1. The lowest BCUT2D eigenvalue weighted by atomic mass is 10.1. The van der Waals surface area contributed by atoms with Crippen LogP contribution < -0.4 is 5.32 Å². The Morgan fingerprint density at radius 1 is 1.19 bits per heavy atom. The molecule has 3 rings (SSSR count). The number of thiazole rings is 1. The molecule has 1 aromatic heterocycles. The van der Waals surface area contributed by atoms with Gasteiger partial charge in [-0.2, -0.15) is 0 Å². The van der Waals surface area contributed by atoms with Gasteiger partial charge in [-0.1, -0.05) is 35.6 Å². The summed E-state index contributed by atoms with van der Waals surface area (Å²) in [6.45, 7) is 0.725. The Hall–Kier alpha value is -2.40. The second-order valence-corrected chi connectivity index (χ2v) is 5.70. The fourth-order valence-corrected chi connectivity index (χ4v) is 3.01. The lowest BCUT2D eigenvalue weighted by molar-refractivity contribution is 0.0697. The van der Waals surface area contributed by atoms with Gasteiger partial charge in [-0.3, -0.25) is 0 Å². The van der Waals surface area contributed by atoms with E-state index in [2.05, 4.69) is 16.4 Å². The normalized spacial score (nSPS) is 10.7. The van der Waals surface area contributed by atoms with Crippen LogP contribution in [0, 0.1) is 0 Å². The van der Waals surface area contributed by atoms with E-state index in [0.717, 1.165) is 33.9 Å². The number of benzene rings is 2. The number of rotatable bonds is 5. The zero-order valence-corrected chi connectivity index (χ0v) is 12.1. The molecule has 0 unspecified atom stereocenters. The van der Waals surface area contributed by atoms with Gasteiger partial charge >= 0.3 is 5.97 Å². The van der Waals surface area contributed by atoms with Crippen LogP contribution in [0.1, 0.15) is 15.9 Å². The maximum Gasteiger partial charge on any atom is 0.335 e. The van der Waals surface area contributed by atoms with Gasteiger partial charge in [-0.25, -0.2) is 9.78 Å². The molecule has 0 atom stereocenters. The summed E-state index contributed by atoms with van der Waals surface area (Å²) in [5, 5.41) is 13.2. The van der Waals surface area contributed by atoms with Gasteiger partial charge in [0.2, 0.25) is 0 Å². The van der Waals surface area contributed by atoms with Crippen molar-refractivity contribution in [3.05, 3.63) is 59.7 Å². The number of carbonyl (C=O) groups is 1. The number of nitrogens with one attached hydrogen (secondary N) is 1. The van der Waals surface area contributed by atoms with Crippen LogP contribution in [-0.4, -0.2) is 22.6 Å². The molecule has 0 spiro atoms. The third kappa shape index (κ3) is 3.20. The maximum absolute atomic E-state index is 10.9. The van der Waals surface area contributed by atoms with Crippen LogP contribution in [0.3, 0.4) is 0 Å². The van der Waals surface area contributed by atoms with Crippen LogP contribution in [0.15, 0.2) is 48.5 Å². The first-order chi connectivity index (χ1) is 10.2. The first-order valence-electron chi connectivity index (χ1n) is 6.64. The van der Waals surface area contributed by atoms with Crippen LogP contribution >= 0.6 is 11.3 Å². The first kappa shape index (κ1) is 13.6. The van der Waals surface area contributed by atoms with E-state index in [4.69, 9.17) is 5.11 Å². The lowest BCUT2D eigenvalue weighted by Crippen LogP contribution is -2.05. The number of nitrogens with zero attached hydrogens (tertiary/aromatic N) is 1. The Kier molecular flexibility index (Phi) is 3.83. The Balaban J connectivity index is 1.63. The van der Waals surface area contributed by atoms with Crippen molar-refractivity contribution in [1.29, 1.82) is 0 Å². The second-order valence-electron chi connectivity index (χ2n) is 4.67. The molecule has 4 nitrogen and oxygen atoms in total. The van der Waals surface area contributed by atoms with E-state index in [1.165, 1.54) is 0 Å². The molecule has 0 amide bonds. The van der Waals surface area contributed by atoms with Gasteiger partial charge in [-0.05, 0) is 36.2 Å². The molecule has 2 N–H and O–H groups in total. The third-order valence-electron chi connectivity index (χ3n) is 3.16. The summed E-state index contributed by atoms with van der Waals surface area (Å²) >= 11 is 1.62. The molecule has 0 saturated heterocycles. The molecule has 3 aromatic rings. The van der Waals surface area contributed by atoms with Gasteiger partial charge in [0.25, 0.3) is 0 Å². The van der Waals surface area contributed by atoms with Crippen LogP contribution in [0.2, 0.25) is 0 Å². The average molecular weight is 298 g/mol. The smallest absolute Gasteiger partial charge is 0.335 e. The highest BCUT2D eigenvalue weighted by atomic mass is 32.1. The molecule has 0 radical (unpaired) electrons. The highest BCUT2D eigenvalue weighted by Gasteiger charge is 2.04. The van der Waals surface area contributed by atoms with Crippen molar-refractivity contribution in [2.75, 3.05) is 11.9 Å². The molecule has 0 aliphatic carbocycles. The van der Waals surface area contributed by atoms with Crippen LogP contribution in [0.25, 0.3) is 10.2 Å². The predicted octanol–water partition coefficient (Wildman–Crippen LogP) is 3.65. The van der Waals surface area contributed by atoms with Gasteiger partial charge in [0.1, 0.15) is 0 Å². The number of fused-ring (bicyclic) bond motifs is 1. The van der Waals surface area contributed by atoms with Crippen molar-refractivity contribution in [3.63, 3.8) is 0 Å². The first-order valence-corrected chi connectivity index (χ1v) is 7.46. The number of aromatic nitrogens is 1. The topological polar surface area (TPSA) is 62.2 Å². The van der Waals surface area contributed by atoms with Gasteiger partial charge in [0.15, 0.2) is 5.13 Å². The molecule has 0 saturated carbocycles. The zero-order chi connectivity index (χ0) is 14.7. The van der Waals surface area contributed by atoms with Gasteiger partial charge in [0.05, 0.1) is 15.8 Å². The molecule has 0 fully saturated rings. The molecule has 0 bridgehead atoms. The minimum absolute atomic E-state index is 0.326. The number of carboxylic acid groups (broad SMARTS) is 1. The average Bonchev–Trinajstić information content (AvgIpc) is 2.90. The molecule has 21 heavy (non-hydrogen) atoms. The van der Waals surface area contributed by atoms with Crippen molar-refractivity contribution < 1.29 is 9.90 Å². The summed E-state index contributed by atoms with van der Waals surface area (Å²) in [4.78, 5) is 15.4. The summed E-state index contributed by atoms with van der Waals surface area (Å²) < 4.78 is 1.16. The second kappa shape index (κ2) is 5.93. The molecule has 0 aliphatic rings. The Morgan fingerprint density at radius 3 is 2.86 bits per heavy atom. The highest BCUT2D eigenvalue weighted by molar-refractivity contribution is 7.22. The summed E-state index contributed by atoms with van der Waals surface area (Å²) in [5.41, 5.74) is 2.33. The number of hydrogen-bond acceptors (Lipinski definition) is 4. The fourth-order valence-electron chi connectivity index (χ4n) is 2.12. The number of carboxylic acids is 1. The molecule has 1 heterocycles.